The van der Waals surface area contributed by atoms with Gasteiger partial charge in [0.15, 0.2) is 0 Å². The van der Waals surface area contributed by atoms with Crippen LogP contribution in [-0.2, 0) is 6.54 Å². The molecule has 0 atom stereocenters. The molecule has 17 heavy (non-hydrogen) atoms. The molecule has 0 spiro atoms. The van der Waals surface area contributed by atoms with Gasteiger partial charge < -0.3 is 15.4 Å². The van der Waals surface area contributed by atoms with Crippen LogP contribution in [0.3, 0.4) is 0 Å². The Balaban J connectivity index is 1.85. The van der Waals surface area contributed by atoms with Gasteiger partial charge in [0.05, 0.1) is 0 Å². The van der Waals surface area contributed by atoms with Gasteiger partial charge in [-0.25, -0.2) is 0 Å². The highest BCUT2D eigenvalue weighted by atomic mass is 35.5. The van der Waals surface area contributed by atoms with Gasteiger partial charge in [-0.3, -0.25) is 0 Å². The van der Waals surface area contributed by atoms with Crippen molar-refractivity contribution >= 4 is 11.6 Å². The zero-order valence-electron chi connectivity index (χ0n) is 10.2. The van der Waals surface area contributed by atoms with Gasteiger partial charge in [0.25, 0.3) is 0 Å². The van der Waals surface area contributed by atoms with Gasteiger partial charge in [0.2, 0.25) is 0 Å². The minimum Gasteiger partial charge on any atom is -0.492 e. The third-order valence-electron chi connectivity index (χ3n) is 3.11. The number of rotatable bonds is 6. The van der Waals surface area contributed by atoms with Crippen LogP contribution in [0.2, 0.25) is 5.02 Å². The summed E-state index contributed by atoms with van der Waals surface area (Å²) in [6.07, 6.45) is 2.65. The lowest BCUT2D eigenvalue weighted by atomic mass is 10.2. The van der Waals surface area contributed by atoms with Crippen LogP contribution in [0, 0.1) is 0 Å². The number of nitrogens with zero attached hydrogens (tertiary/aromatic N) is 1. The lowest BCUT2D eigenvalue weighted by Crippen LogP contribution is -2.26. The largest absolute Gasteiger partial charge is 0.492 e. The van der Waals surface area contributed by atoms with Crippen molar-refractivity contribution in [2.75, 3.05) is 20.2 Å². The van der Waals surface area contributed by atoms with E-state index in [1.165, 1.54) is 12.8 Å². The molecule has 1 fully saturated rings. The molecule has 0 heterocycles. The summed E-state index contributed by atoms with van der Waals surface area (Å²) in [7, 11) is 2.15. The van der Waals surface area contributed by atoms with Crippen LogP contribution in [-0.4, -0.2) is 31.1 Å². The Morgan fingerprint density at radius 2 is 2.24 bits per heavy atom. The van der Waals surface area contributed by atoms with Crippen molar-refractivity contribution in [3.8, 4) is 5.75 Å². The highest BCUT2D eigenvalue weighted by Gasteiger charge is 2.25. The van der Waals surface area contributed by atoms with Gasteiger partial charge in [0, 0.05) is 29.7 Å². The number of nitrogens with two attached hydrogens (primary N) is 1. The molecule has 1 saturated carbocycles. The highest BCUT2D eigenvalue weighted by molar-refractivity contribution is 6.30. The van der Waals surface area contributed by atoms with Crippen LogP contribution >= 0.6 is 11.6 Å². The Morgan fingerprint density at radius 3 is 2.88 bits per heavy atom. The van der Waals surface area contributed by atoms with E-state index in [1.54, 1.807) is 0 Å². The van der Waals surface area contributed by atoms with E-state index in [1.807, 2.05) is 18.2 Å². The molecule has 2 N–H and O–H groups in total. The quantitative estimate of drug-likeness (QED) is 0.847. The van der Waals surface area contributed by atoms with Crippen LogP contribution in [0.15, 0.2) is 18.2 Å². The first-order chi connectivity index (χ1) is 8.20. The number of likely N-dealkylation sites (N-methyl/N-ethyl adjacent to an activating group) is 1. The molecule has 1 aliphatic carbocycles. The van der Waals surface area contributed by atoms with E-state index in [0.29, 0.717) is 18.2 Å². The summed E-state index contributed by atoms with van der Waals surface area (Å²) in [5, 5.41) is 0.702. The van der Waals surface area contributed by atoms with Gasteiger partial charge in [-0.15, -0.1) is 0 Å². The van der Waals surface area contributed by atoms with Gasteiger partial charge >= 0.3 is 0 Å². The average Bonchev–Trinajstić information content (AvgIpc) is 3.14. The van der Waals surface area contributed by atoms with Crippen molar-refractivity contribution in [1.29, 1.82) is 0 Å². The van der Waals surface area contributed by atoms with Crippen molar-refractivity contribution in [3.63, 3.8) is 0 Å². The molecule has 0 radical (unpaired) electrons. The summed E-state index contributed by atoms with van der Waals surface area (Å²) in [5.41, 5.74) is 6.62. The second-order valence-electron chi connectivity index (χ2n) is 4.52. The van der Waals surface area contributed by atoms with Gasteiger partial charge in [-0.05, 0) is 38.1 Å². The van der Waals surface area contributed by atoms with Crippen molar-refractivity contribution < 1.29 is 4.74 Å². The van der Waals surface area contributed by atoms with Crippen LogP contribution in [0.25, 0.3) is 0 Å². The SMILES string of the molecule is CN(CCOc1ccc(Cl)cc1CN)C1CC1. The molecule has 1 aliphatic rings. The second-order valence-corrected chi connectivity index (χ2v) is 4.95. The summed E-state index contributed by atoms with van der Waals surface area (Å²) in [4.78, 5) is 2.35. The van der Waals surface area contributed by atoms with Crippen LogP contribution in [0.5, 0.6) is 5.75 Å². The van der Waals surface area contributed by atoms with E-state index in [-0.39, 0.29) is 0 Å². The molecule has 0 unspecified atom stereocenters. The first-order valence-corrected chi connectivity index (χ1v) is 6.40. The van der Waals surface area contributed by atoms with E-state index in [0.717, 1.165) is 23.9 Å². The third kappa shape index (κ3) is 3.60. The lowest BCUT2D eigenvalue weighted by Gasteiger charge is -2.17. The molecule has 0 saturated heterocycles. The molecule has 1 aromatic rings. The van der Waals surface area contributed by atoms with Gasteiger partial charge in [-0.2, -0.15) is 0 Å². The molecule has 3 nitrogen and oxygen atoms in total. The summed E-state index contributed by atoms with van der Waals surface area (Å²) < 4.78 is 5.75. The monoisotopic (exact) mass is 254 g/mol. The fourth-order valence-electron chi connectivity index (χ4n) is 1.85. The summed E-state index contributed by atoms with van der Waals surface area (Å²) in [5.74, 6) is 0.848. The minimum atomic E-state index is 0.453. The minimum absolute atomic E-state index is 0.453. The molecule has 0 bridgehead atoms. The standard InChI is InChI=1S/C13H19ClN2O/c1-16(12-3-4-12)6-7-17-13-5-2-11(14)8-10(13)9-15/h2,5,8,12H,3-4,6-7,9,15H2,1H3. The van der Waals surface area contributed by atoms with Crippen LogP contribution in [0.1, 0.15) is 18.4 Å². The Kier molecular flexibility index (Phi) is 4.26. The number of hydrogen-bond donors (Lipinski definition) is 1. The molecule has 0 aliphatic heterocycles. The topological polar surface area (TPSA) is 38.5 Å². The number of halogens is 1. The van der Waals surface area contributed by atoms with Crippen molar-refractivity contribution in [2.24, 2.45) is 5.73 Å². The second kappa shape index (κ2) is 5.71. The highest BCUT2D eigenvalue weighted by Crippen LogP contribution is 2.25. The fourth-order valence-corrected chi connectivity index (χ4v) is 2.04. The maximum atomic E-state index is 5.91. The molecule has 0 aromatic heterocycles. The van der Waals surface area contributed by atoms with Crippen LogP contribution in [0.4, 0.5) is 0 Å². The molecular formula is C13H19ClN2O. The molecule has 1 aromatic carbocycles. The predicted molar refractivity (Wildman–Crippen MR) is 70.5 cm³/mol. The number of ether oxygens (including phenoxy) is 1. The summed E-state index contributed by atoms with van der Waals surface area (Å²) in [6, 6.07) is 6.36. The number of hydrogen-bond acceptors (Lipinski definition) is 3. The maximum Gasteiger partial charge on any atom is 0.123 e. The average molecular weight is 255 g/mol. The summed E-state index contributed by atoms with van der Waals surface area (Å²) >= 11 is 5.91. The zero-order chi connectivity index (χ0) is 12.3. The third-order valence-corrected chi connectivity index (χ3v) is 3.35. The van der Waals surface area contributed by atoms with Crippen molar-refractivity contribution in [1.82, 2.24) is 4.90 Å². The van der Waals surface area contributed by atoms with Gasteiger partial charge in [-0.1, -0.05) is 11.6 Å². The zero-order valence-corrected chi connectivity index (χ0v) is 10.9. The molecule has 4 heteroatoms. The normalized spacial score (nSPS) is 15.3. The fraction of sp³-hybridized carbons (Fsp3) is 0.538. The predicted octanol–water partition coefficient (Wildman–Crippen LogP) is 2.27. The van der Waals surface area contributed by atoms with Crippen LogP contribution < -0.4 is 10.5 Å². The molecular weight excluding hydrogens is 236 g/mol. The maximum absolute atomic E-state index is 5.91. The first kappa shape index (κ1) is 12.7. The Bertz CT molecular complexity index is 380. The van der Waals surface area contributed by atoms with Crippen molar-refractivity contribution in [3.05, 3.63) is 28.8 Å². The lowest BCUT2D eigenvalue weighted by molar-refractivity contribution is 0.230. The van der Waals surface area contributed by atoms with Crippen molar-refractivity contribution in [2.45, 2.75) is 25.4 Å². The van der Waals surface area contributed by atoms with E-state index in [9.17, 15) is 0 Å². The Labute approximate surface area is 107 Å². The van der Waals surface area contributed by atoms with E-state index < -0.39 is 0 Å². The smallest absolute Gasteiger partial charge is 0.123 e. The van der Waals surface area contributed by atoms with Gasteiger partial charge in [0.1, 0.15) is 12.4 Å². The first-order valence-electron chi connectivity index (χ1n) is 6.02. The van der Waals surface area contributed by atoms with E-state index >= 15 is 0 Å². The molecule has 94 valence electrons. The molecule has 0 amide bonds. The van der Waals surface area contributed by atoms with E-state index in [2.05, 4.69) is 11.9 Å². The number of benzene rings is 1. The summed E-state index contributed by atoms with van der Waals surface area (Å²) in [6.45, 7) is 2.10. The molecule has 2 rings (SSSR count). The Morgan fingerprint density at radius 1 is 1.47 bits per heavy atom. The Hall–Kier alpha value is -0.770. The van der Waals surface area contributed by atoms with E-state index in [4.69, 9.17) is 22.1 Å².